The van der Waals surface area contributed by atoms with E-state index in [1.807, 2.05) is 0 Å². The van der Waals surface area contributed by atoms with Gasteiger partial charge in [-0.25, -0.2) is 9.18 Å². The van der Waals surface area contributed by atoms with Gasteiger partial charge in [0.05, 0.1) is 12.2 Å². The first kappa shape index (κ1) is 12.6. The third-order valence-corrected chi connectivity index (χ3v) is 2.12. The molecule has 16 heavy (non-hydrogen) atoms. The summed E-state index contributed by atoms with van der Waals surface area (Å²) >= 11 is 0. The molecule has 0 fully saturated rings. The highest BCUT2D eigenvalue weighted by Gasteiger charge is 2.21. The average molecular weight is 230 g/mol. The molecule has 0 bridgehead atoms. The van der Waals surface area contributed by atoms with Crippen LogP contribution in [-0.2, 0) is 0 Å². The van der Waals surface area contributed by atoms with Crippen LogP contribution in [-0.4, -0.2) is 39.1 Å². The molecule has 4 N–H and O–H groups in total. The lowest BCUT2D eigenvalue weighted by molar-refractivity contribution is -0.0168. The molecular formula is C10H11FO5. The molecule has 6 heteroatoms. The predicted molar refractivity (Wildman–Crippen MR) is 51.4 cm³/mol. The summed E-state index contributed by atoms with van der Waals surface area (Å²) in [5.41, 5.74) is -0.515. The Morgan fingerprint density at radius 1 is 1.38 bits per heavy atom. The maximum absolute atomic E-state index is 13.3. The SMILES string of the molecule is O=C(O)c1ccc(C(O)C(O)CO)c(F)c1. The van der Waals surface area contributed by atoms with E-state index >= 15 is 0 Å². The van der Waals surface area contributed by atoms with Crippen molar-refractivity contribution in [3.63, 3.8) is 0 Å². The molecule has 0 saturated heterocycles. The second-order valence-corrected chi connectivity index (χ2v) is 3.24. The van der Waals surface area contributed by atoms with E-state index < -0.39 is 30.6 Å². The van der Waals surface area contributed by atoms with Gasteiger partial charge in [-0.3, -0.25) is 0 Å². The van der Waals surface area contributed by atoms with Crippen molar-refractivity contribution in [2.24, 2.45) is 0 Å². The first-order valence-corrected chi connectivity index (χ1v) is 4.47. The molecule has 2 unspecified atom stereocenters. The van der Waals surface area contributed by atoms with Gasteiger partial charge in [0.1, 0.15) is 18.0 Å². The minimum absolute atomic E-state index is 0.257. The number of aliphatic hydroxyl groups excluding tert-OH is 3. The Balaban J connectivity index is 3.03. The van der Waals surface area contributed by atoms with E-state index in [1.54, 1.807) is 0 Å². The summed E-state index contributed by atoms with van der Waals surface area (Å²) in [5.74, 6) is -2.23. The maximum Gasteiger partial charge on any atom is 0.335 e. The molecule has 0 aliphatic heterocycles. The maximum atomic E-state index is 13.3. The number of hydrogen-bond acceptors (Lipinski definition) is 4. The molecule has 0 saturated carbocycles. The molecule has 1 aromatic rings. The lowest BCUT2D eigenvalue weighted by Crippen LogP contribution is -2.23. The summed E-state index contributed by atoms with van der Waals surface area (Å²) in [4.78, 5) is 10.5. The van der Waals surface area contributed by atoms with Crippen LogP contribution in [0.3, 0.4) is 0 Å². The minimum Gasteiger partial charge on any atom is -0.478 e. The fourth-order valence-corrected chi connectivity index (χ4v) is 1.21. The van der Waals surface area contributed by atoms with E-state index in [1.165, 1.54) is 0 Å². The van der Waals surface area contributed by atoms with Crippen LogP contribution in [0, 0.1) is 5.82 Å². The van der Waals surface area contributed by atoms with Crippen molar-refractivity contribution in [1.29, 1.82) is 0 Å². The lowest BCUT2D eigenvalue weighted by Gasteiger charge is -2.16. The van der Waals surface area contributed by atoms with Crippen LogP contribution in [0.25, 0.3) is 0 Å². The van der Waals surface area contributed by atoms with Gasteiger partial charge in [-0.15, -0.1) is 0 Å². The molecule has 0 spiro atoms. The van der Waals surface area contributed by atoms with Crippen molar-refractivity contribution in [3.05, 3.63) is 35.1 Å². The van der Waals surface area contributed by atoms with Crippen LogP contribution in [0.1, 0.15) is 22.0 Å². The molecule has 0 aliphatic rings. The van der Waals surface area contributed by atoms with Crippen LogP contribution in [0.15, 0.2) is 18.2 Å². The number of carboxylic acids is 1. The van der Waals surface area contributed by atoms with Crippen molar-refractivity contribution in [1.82, 2.24) is 0 Å². The monoisotopic (exact) mass is 230 g/mol. The number of rotatable bonds is 4. The highest BCUT2D eigenvalue weighted by molar-refractivity contribution is 5.87. The standard InChI is InChI=1S/C10H11FO5/c11-7-3-5(10(15)16)1-2-6(7)9(14)8(13)4-12/h1-3,8-9,12-14H,4H2,(H,15,16). The van der Waals surface area contributed by atoms with E-state index in [-0.39, 0.29) is 11.1 Å². The zero-order chi connectivity index (χ0) is 12.3. The van der Waals surface area contributed by atoms with Crippen LogP contribution in [0.5, 0.6) is 0 Å². The molecule has 0 radical (unpaired) electrons. The zero-order valence-electron chi connectivity index (χ0n) is 8.17. The zero-order valence-corrected chi connectivity index (χ0v) is 8.17. The van der Waals surface area contributed by atoms with Gasteiger partial charge in [0, 0.05) is 5.56 Å². The number of aromatic carboxylic acids is 1. The smallest absolute Gasteiger partial charge is 0.335 e. The molecule has 0 aromatic heterocycles. The normalized spacial score (nSPS) is 14.5. The number of halogens is 1. The van der Waals surface area contributed by atoms with Gasteiger partial charge in [-0.05, 0) is 12.1 Å². The summed E-state index contributed by atoms with van der Waals surface area (Å²) in [5, 5.41) is 35.7. The van der Waals surface area contributed by atoms with Crippen molar-refractivity contribution < 1.29 is 29.6 Å². The number of carboxylic acid groups (broad SMARTS) is 1. The molecule has 1 rings (SSSR count). The summed E-state index contributed by atoms with van der Waals surface area (Å²) in [6.45, 7) is -0.721. The third kappa shape index (κ3) is 2.54. The largest absolute Gasteiger partial charge is 0.478 e. The summed E-state index contributed by atoms with van der Waals surface area (Å²) in [6.07, 6.45) is -3.10. The van der Waals surface area contributed by atoms with Crippen LogP contribution in [0.4, 0.5) is 4.39 Å². The molecule has 0 aliphatic carbocycles. The summed E-state index contributed by atoms with van der Waals surface area (Å²) in [7, 11) is 0. The number of benzene rings is 1. The van der Waals surface area contributed by atoms with Crippen LogP contribution < -0.4 is 0 Å². The van der Waals surface area contributed by atoms with Crippen LogP contribution in [0.2, 0.25) is 0 Å². The molecule has 0 heterocycles. The van der Waals surface area contributed by atoms with Gasteiger partial charge in [-0.2, -0.15) is 0 Å². The number of hydrogen-bond donors (Lipinski definition) is 4. The fraction of sp³-hybridized carbons (Fsp3) is 0.300. The van der Waals surface area contributed by atoms with Gasteiger partial charge in [-0.1, -0.05) is 6.07 Å². The second kappa shape index (κ2) is 5.02. The quantitative estimate of drug-likeness (QED) is 0.579. The fourth-order valence-electron chi connectivity index (χ4n) is 1.21. The van der Waals surface area contributed by atoms with Gasteiger partial charge in [0.15, 0.2) is 0 Å². The van der Waals surface area contributed by atoms with E-state index in [0.717, 1.165) is 18.2 Å². The Morgan fingerprint density at radius 3 is 2.44 bits per heavy atom. The predicted octanol–water partition coefficient (Wildman–Crippen LogP) is -0.0895. The van der Waals surface area contributed by atoms with Crippen molar-refractivity contribution in [2.75, 3.05) is 6.61 Å². The minimum atomic E-state index is -1.59. The number of aliphatic hydroxyl groups is 3. The van der Waals surface area contributed by atoms with E-state index in [0.29, 0.717) is 0 Å². The van der Waals surface area contributed by atoms with Gasteiger partial charge in [0.25, 0.3) is 0 Å². The molecular weight excluding hydrogens is 219 g/mol. The van der Waals surface area contributed by atoms with Gasteiger partial charge >= 0.3 is 5.97 Å². The molecule has 0 amide bonds. The van der Waals surface area contributed by atoms with E-state index in [4.69, 9.17) is 15.3 Å². The average Bonchev–Trinajstić information content (AvgIpc) is 2.26. The Bertz CT molecular complexity index is 393. The Labute approximate surface area is 90.4 Å². The van der Waals surface area contributed by atoms with Crippen molar-refractivity contribution >= 4 is 5.97 Å². The first-order valence-electron chi connectivity index (χ1n) is 4.47. The van der Waals surface area contributed by atoms with E-state index in [9.17, 15) is 14.3 Å². The Morgan fingerprint density at radius 2 is 2.00 bits per heavy atom. The third-order valence-electron chi connectivity index (χ3n) is 2.12. The van der Waals surface area contributed by atoms with Crippen molar-refractivity contribution in [2.45, 2.75) is 12.2 Å². The van der Waals surface area contributed by atoms with Gasteiger partial charge < -0.3 is 20.4 Å². The first-order chi connectivity index (χ1) is 7.47. The second-order valence-electron chi connectivity index (χ2n) is 3.24. The topological polar surface area (TPSA) is 98.0 Å². The Kier molecular flexibility index (Phi) is 3.94. The molecule has 2 atom stereocenters. The number of carbonyl (C=O) groups is 1. The molecule has 88 valence electrons. The van der Waals surface area contributed by atoms with Crippen molar-refractivity contribution in [3.8, 4) is 0 Å². The lowest BCUT2D eigenvalue weighted by atomic mass is 10.0. The highest BCUT2D eigenvalue weighted by atomic mass is 19.1. The summed E-state index contributed by atoms with van der Waals surface area (Å²) in [6, 6.07) is 2.90. The van der Waals surface area contributed by atoms with Crippen LogP contribution >= 0.6 is 0 Å². The molecule has 1 aromatic carbocycles. The Hall–Kier alpha value is -1.50. The van der Waals surface area contributed by atoms with Gasteiger partial charge in [0.2, 0.25) is 0 Å². The highest BCUT2D eigenvalue weighted by Crippen LogP contribution is 2.21. The molecule has 5 nitrogen and oxygen atoms in total. The summed E-state index contributed by atoms with van der Waals surface area (Å²) < 4.78 is 13.3. The van der Waals surface area contributed by atoms with E-state index in [2.05, 4.69) is 0 Å².